The third-order valence-electron chi connectivity index (χ3n) is 2.39. The van der Waals surface area contributed by atoms with Crippen LogP contribution in [0.4, 0.5) is 0 Å². The Morgan fingerprint density at radius 1 is 1.40 bits per heavy atom. The number of hydrogen-bond donors (Lipinski definition) is 0. The van der Waals surface area contributed by atoms with Crippen LogP contribution in [0.15, 0.2) is 17.0 Å². The average Bonchev–Trinajstić information content (AvgIpc) is 3.01. The first-order valence-corrected chi connectivity index (χ1v) is 6.85. The van der Waals surface area contributed by atoms with E-state index in [2.05, 4.69) is 0 Å². The van der Waals surface area contributed by atoms with Gasteiger partial charge >= 0.3 is 0 Å². The molecule has 1 aliphatic carbocycles. The summed E-state index contributed by atoms with van der Waals surface area (Å²) in [5.41, 5.74) is 0. The van der Waals surface area contributed by atoms with Crippen LogP contribution in [0.25, 0.3) is 0 Å². The van der Waals surface area contributed by atoms with Crippen LogP contribution in [0.3, 0.4) is 0 Å². The lowest BCUT2D eigenvalue weighted by molar-refractivity contribution is 0.299. The molecule has 1 fully saturated rings. The Morgan fingerprint density at radius 3 is 2.73 bits per heavy atom. The van der Waals surface area contributed by atoms with E-state index in [-0.39, 0.29) is 0 Å². The summed E-state index contributed by atoms with van der Waals surface area (Å²) in [4.78, 5) is 0.895. The second-order valence-corrected chi connectivity index (χ2v) is 5.25. The van der Waals surface area contributed by atoms with Gasteiger partial charge in [0.15, 0.2) is 0 Å². The minimum absolute atomic E-state index is 0.635. The average molecular weight is 263 g/mol. The number of benzene rings is 1. The van der Waals surface area contributed by atoms with Gasteiger partial charge in [-0.15, -0.1) is 11.8 Å². The summed E-state index contributed by atoms with van der Waals surface area (Å²) in [6.07, 6.45) is 4.51. The monoisotopic (exact) mass is 262 g/mol. The minimum atomic E-state index is 0.635. The van der Waals surface area contributed by atoms with Gasteiger partial charge in [-0.2, -0.15) is 0 Å². The molecule has 2 rings (SSSR count). The Bertz CT molecular complexity index is 364. The molecule has 0 spiro atoms. The van der Waals surface area contributed by atoms with Crippen molar-refractivity contribution in [3.63, 3.8) is 0 Å². The van der Waals surface area contributed by atoms with Gasteiger partial charge in [-0.3, -0.25) is 0 Å². The lowest BCUT2D eigenvalue weighted by Crippen LogP contribution is -1.99. The second kappa shape index (κ2) is 4.86. The summed E-state index contributed by atoms with van der Waals surface area (Å²) < 4.78 is 5.65. The number of thioether (sulfide) groups is 1. The highest BCUT2D eigenvalue weighted by atomic mass is 35.5. The van der Waals surface area contributed by atoms with Crippen LogP contribution in [0.1, 0.15) is 12.8 Å². The van der Waals surface area contributed by atoms with E-state index in [1.807, 2.05) is 18.4 Å². The summed E-state index contributed by atoms with van der Waals surface area (Å²) in [7, 11) is 0. The molecule has 0 radical (unpaired) electrons. The first-order chi connectivity index (χ1) is 7.22. The molecule has 0 unspecified atom stereocenters. The molecule has 15 heavy (non-hydrogen) atoms. The van der Waals surface area contributed by atoms with E-state index < -0.39 is 0 Å². The molecule has 0 saturated heterocycles. The number of halogens is 2. The largest absolute Gasteiger partial charge is 0.492 e. The van der Waals surface area contributed by atoms with E-state index in [1.54, 1.807) is 11.8 Å². The second-order valence-electron chi connectivity index (χ2n) is 3.65. The maximum atomic E-state index is 6.19. The summed E-state index contributed by atoms with van der Waals surface area (Å²) in [6.45, 7) is 0.773. The first kappa shape index (κ1) is 11.4. The van der Waals surface area contributed by atoms with Crippen molar-refractivity contribution in [2.75, 3.05) is 12.9 Å². The van der Waals surface area contributed by atoms with Gasteiger partial charge in [0.1, 0.15) is 5.75 Å². The van der Waals surface area contributed by atoms with Gasteiger partial charge in [0.25, 0.3) is 0 Å². The zero-order valence-corrected chi connectivity index (χ0v) is 10.8. The quantitative estimate of drug-likeness (QED) is 0.739. The van der Waals surface area contributed by atoms with Crippen molar-refractivity contribution in [3.8, 4) is 5.75 Å². The predicted molar refractivity (Wildman–Crippen MR) is 66.5 cm³/mol. The molecule has 0 N–H and O–H groups in total. The Morgan fingerprint density at radius 2 is 2.13 bits per heavy atom. The topological polar surface area (TPSA) is 9.23 Å². The van der Waals surface area contributed by atoms with Gasteiger partial charge in [0, 0.05) is 4.90 Å². The molecule has 0 aromatic heterocycles. The smallest absolute Gasteiger partial charge is 0.139 e. The van der Waals surface area contributed by atoms with Crippen LogP contribution in [-0.2, 0) is 0 Å². The molecule has 1 saturated carbocycles. The van der Waals surface area contributed by atoms with E-state index in [9.17, 15) is 0 Å². The molecule has 82 valence electrons. The van der Waals surface area contributed by atoms with Gasteiger partial charge in [0.05, 0.1) is 16.7 Å². The first-order valence-electron chi connectivity index (χ1n) is 4.87. The minimum Gasteiger partial charge on any atom is -0.492 e. The zero-order chi connectivity index (χ0) is 10.8. The summed E-state index contributed by atoms with van der Waals surface area (Å²) in [5.74, 6) is 1.48. The van der Waals surface area contributed by atoms with Gasteiger partial charge in [-0.1, -0.05) is 23.2 Å². The number of hydrogen-bond acceptors (Lipinski definition) is 2. The molecule has 4 heteroatoms. The van der Waals surface area contributed by atoms with E-state index >= 15 is 0 Å². The molecular weight excluding hydrogens is 251 g/mol. The summed E-state index contributed by atoms with van der Waals surface area (Å²) >= 11 is 13.7. The zero-order valence-electron chi connectivity index (χ0n) is 8.43. The van der Waals surface area contributed by atoms with E-state index in [0.29, 0.717) is 10.0 Å². The van der Waals surface area contributed by atoms with E-state index in [0.717, 1.165) is 23.2 Å². The maximum Gasteiger partial charge on any atom is 0.139 e. The summed E-state index contributed by atoms with van der Waals surface area (Å²) in [5, 5.41) is 1.32. The maximum absolute atomic E-state index is 6.19. The molecule has 0 bridgehead atoms. The highest BCUT2D eigenvalue weighted by molar-refractivity contribution is 7.98. The normalized spacial score (nSPS) is 15.4. The van der Waals surface area contributed by atoms with Gasteiger partial charge in [-0.05, 0) is 37.1 Å². The summed E-state index contributed by atoms with van der Waals surface area (Å²) in [6, 6.07) is 3.67. The Hall–Kier alpha value is -0.0500. The fraction of sp³-hybridized carbons (Fsp3) is 0.455. The van der Waals surface area contributed by atoms with Crippen molar-refractivity contribution in [1.29, 1.82) is 0 Å². The van der Waals surface area contributed by atoms with Crippen molar-refractivity contribution in [1.82, 2.24) is 0 Å². The van der Waals surface area contributed by atoms with E-state index in [1.165, 1.54) is 12.8 Å². The van der Waals surface area contributed by atoms with Crippen LogP contribution >= 0.6 is 35.0 Å². The van der Waals surface area contributed by atoms with Crippen LogP contribution in [0, 0.1) is 5.92 Å². The van der Waals surface area contributed by atoms with Gasteiger partial charge in [-0.25, -0.2) is 0 Å². The molecule has 0 amide bonds. The lowest BCUT2D eigenvalue weighted by Gasteiger charge is -2.10. The highest BCUT2D eigenvalue weighted by Gasteiger charge is 2.22. The SMILES string of the molecule is CSc1c(Cl)ccc(OCC2CC2)c1Cl. The van der Waals surface area contributed by atoms with Crippen LogP contribution in [0.5, 0.6) is 5.75 Å². The molecular formula is C11H12Cl2OS. The van der Waals surface area contributed by atoms with Crippen molar-refractivity contribution in [3.05, 3.63) is 22.2 Å². The van der Waals surface area contributed by atoms with Crippen molar-refractivity contribution < 1.29 is 4.74 Å². The van der Waals surface area contributed by atoms with Crippen LogP contribution in [0.2, 0.25) is 10.0 Å². The van der Waals surface area contributed by atoms with Crippen molar-refractivity contribution in [2.24, 2.45) is 5.92 Å². The van der Waals surface area contributed by atoms with E-state index in [4.69, 9.17) is 27.9 Å². The van der Waals surface area contributed by atoms with Crippen LogP contribution in [-0.4, -0.2) is 12.9 Å². The van der Waals surface area contributed by atoms with Crippen LogP contribution < -0.4 is 4.74 Å². The number of ether oxygens (including phenoxy) is 1. The predicted octanol–water partition coefficient (Wildman–Crippen LogP) is 4.50. The highest BCUT2D eigenvalue weighted by Crippen LogP contribution is 2.40. The standard InChI is InChI=1S/C11H12Cl2OS/c1-15-11-8(12)4-5-9(10(11)13)14-6-7-2-3-7/h4-5,7H,2-3,6H2,1H3. The third-order valence-corrected chi connectivity index (χ3v) is 4.14. The lowest BCUT2D eigenvalue weighted by atomic mass is 10.3. The van der Waals surface area contributed by atoms with Gasteiger partial charge in [0.2, 0.25) is 0 Å². The molecule has 1 aromatic rings. The fourth-order valence-corrected chi connectivity index (χ4v) is 2.74. The molecule has 0 heterocycles. The fourth-order valence-electron chi connectivity index (χ4n) is 1.31. The molecule has 0 aliphatic heterocycles. The Balaban J connectivity index is 2.15. The molecule has 1 aliphatic rings. The third kappa shape index (κ3) is 2.74. The number of rotatable bonds is 4. The van der Waals surface area contributed by atoms with Crippen molar-refractivity contribution >= 4 is 35.0 Å². The van der Waals surface area contributed by atoms with Crippen molar-refractivity contribution in [2.45, 2.75) is 17.7 Å². The Kier molecular flexibility index (Phi) is 3.70. The molecule has 1 nitrogen and oxygen atoms in total. The Labute approximate surface area is 104 Å². The van der Waals surface area contributed by atoms with Gasteiger partial charge < -0.3 is 4.74 Å². The molecule has 0 atom stereocenters. The molecule has 1 aromatic carbocycles.